The van der Waals surface area contributed by atoms with Crippen LogP contribution in [0.4, 0.5) is 0 Å². The smallest absolute Gasteiger partial charge is 0.199 e. The fourth-order valence-electron chi connectivity index (χ4n) is 7.22. The zero-order valence-electron chi connectivity index (χ0n) is 28.8. The van der Waals surface area contributed by atoms with Crippen molar-refractivity contribution in [3.63, 3.8) is 0 Å². The third kappa shape index (κ3) is 6.78. The number of hydrogen-bond donors (Lipinski definition) is 0. The van der Waals surface area contributed by atoms with Crippen LogP contribution in [0.5, 0.6) is 11.5 Å². The van der Waals surface area contributed by atoms with Crippen LogP contribution < -0.4 is 9.47 Å². The van der Waals surface area contributed by atoms with Crippen molar-refractivity contribution < 1.29 is 18.9 Å². The zero-order chi connectivity index (χ0) is 33.3. The van der Waals surface area contributed by atoms with E-state index in [1.807, 2.05) is 24.3 Å². The van der Waals surface area contributed by atoms with E-state index in [1.165, 1.54) is 33.4 Å². The molecule has 4 atom stereocenters. The lowest BCUT2D eigenvalue weighted by Gasteiger charge is -2.23. The lowest BCUT2D eigenvalue weighted by molar-refractivity contribution is 0.258. The average Bonchev–Trinajstić information content (AvgIpc) is 3.73. The molecule has 0 aliphatic carbocycles. The number of aliphatic imine (C=N–C) groups is 2. The monoisotopic (exact) mass is 630 g/mol. The number of aryl methyl sites for hydroxylation is 4. The predicted molar refractivity (Wildman–Crippen MR) is 190 cm³/mol. The second-order valence-corrected chi connectivity index (χ2v) is 13.6. The van der Waals surface area contributed by atoms with Gasteiger partial charge in [-0.1, -0.05) is 82.9 Å². The molecule has 4 aromatic rings. The summed E-state index contributed by atoms with van der Waals surface area (Å²) in [5, 5.41) is 0. The van der Waals surface area contributed by atoms with Crippen molar-refractivity contribution in [3.05, 3.63) is 129 Å². The molecule has 6 rings (SSSR count). The molecule has 3 unspecified atom stereocenters. The number of nitrogens with zero attached hydrogens (tertiary/aromatic N) is 2. The summed E-state index contributed by atoms with van der Waals surface area (Å²) >= 11 is 0. The molecule has 0 spiro atoms. The molecule has 6 nitrogen and oxygen atoms in total. The molecule has 2 aliphatic heterocycles. The molecule has 47 heavy (non-hydrogen) atoms. The Balaban J connectivity index is 1.35. The number of rotatable bonds is 10. The first-order chi connectivity index (χ1) is 22.5. The van der Waals surface area contributed by atoms with Crippen molar-refractivity contribution in [2.75, 3.05) is 27.4 Å². The minimum Gasteiger partial charge on any atom is -0.497 e. The van der Waals surface area contributed by atoms with Crippen LogP contribution in [0, 0.1) is 33.1 Å². The molecule has 0 fully saturated rings. The first-order valence-electron chi connectivity index (χ1n) is 16.4. The van der Waals surface area contributed by atoms with Gasteiger partial charge in [-0.3, -0.25) is 0 Å². The van der Waals surface area contributed by atoms with Crippen molar-refractivity contribution in [2.45, 2.75) is 65.5 Å². The van der Waals surface area contributed by atoms with Crippen LogP contribution in [-0.2, 0) is 9.47 Å². The van der Waals surface area contributed by atoms with E-state index in [4.69, 9.17) is 28.9 Å². The molecule has 6 heteroatoms. The lowest BCUT2D eigenvalue weighted by Crippen LogP contribution is -2.34. The van der Waals surface area contributed by atoms with Crippen molar-refractivity contribution in [2.24, 2.45) is 15.4 Å². The average molecular weight is 631 g/mol. The van der Waals surface area contributed by atoms with Crippen LogP contribution in [-0.4, -0.2) is 51.3 Å². The molecule has 0 saturated carbocycles. The Morgan fingerprint density at radius 1 is 0.574 bits per heavy atom. The first kappa shape index (κ1) is 32.4. The van der Waals surface area contributed by atoms with E-state index in [1.54, 1.807) is 14.2 Å². The maximum atomic E-state index is 6.45. The Bertz CT molecular complexity index is 1650. The van der Waals surface area contributed by atoms with Gasteiger partial charge >= 0.3 is 0 Å². The topological polar surface area (TPSA) is 61.6 Å². The van der Waals surface area contributed by atoms with Crippen LogP contribution >= 0.6 is 0 Å². The van der Waals surface area contributed by atoms with Crippen LogP contribution in [0.2, 0.25) is 0 Å². The predicted octanol–water partition coefficient (Wildman–Crippen LogP) is 8.52. The summed E-state index contributed by atoms with van der Waals surface area (Å²) in [6.07, 6.45) is 0. The van der Waals surface area contributed by atoms with E-state index in [9.17, 15) is 0 Å². The fourth-order valence-corrected chi connectivity index (χ4v) is 7.22. The number of hydrogen-bond acceptors (Lipinski definition) is 6. The largest absolute Gasteiger partial charge is 0.497 e. The summed E-state index contributed by atoms with van der Waals surface area (Å²) in [5.41, 5.74) is 9.00. The molecule has 0 bridgehead atoms. The molecular weight excluding hydrogens is 584 g/mol. The summed E-state index contributed by atoms with van der Waals surface area (Å²) in [5.74, 6) is 2.97. The Morgan fingerprint density at radius 3 is 1.32 bits per heavy atom. The van der Waals surface area contributed by atoms with E-state index in [2.05, 4.69) is 102 Å². The summed E-state index contributed by atoms with van der Waals surface area (Å²) < 4.78 is 24.1. The molecule has 0 aromatic heterocycles. The van der Waals surface area contributed by atoms with E-state index < -0.39 is 5.41 Å². The SMILES string of the molecule is COc1cccc(C(c2cc(C)cc(C)c2)C2COC(C(C)(C)C3=NC([C@@H](c4cc(C)cc(C)c4)c4cccc(OC)c4)CO3)=N2)c1. The van der Waals surface area contributed by atoms with Gasteiger partial charge in [-0.05, 0) is 88.1 Å². The number of benzene rings is 4. The summed E-state index contributed by atoms with van der Waals surface area (Å²) in [4.78, 5) is 10.6. The minimum atomic E-state index is -0.646. The van der Waals surface area contributed by atoms with E-state index >= 15 is 0 Å². The van der Waals surface area contributed by atoms with Crippen molar-refractivity contribution >= 4 is 11.8 Å². The summed E-state index contributed by atoms with van der Waals surface area (Å²) in [6.45, 7) is 13.7. The number of ether oxygens (including phenoxy) is 4. The number of methoxy groups -OCH3 is 2. The second-order valence-electron chi connectivity index (χ2n) is 13.6. The lowest BCUT2D eigenvalue weighted by atomic mass is 9.84. The Hall–Kier alpha value is -4.58. The second kappa shape index (κ2) is 13.3. The minimum absolute atomic E-state index is 0.00168. The Labute approximate surface area is 279 Å². The van der Waals surface area contributed by atoms with Crippen LogP contribution in [0.15, 0.2) is 94.9 Å². The Kier molecular flexibility index (Phi) is 9.14. The van der Waals surface area contributed by atoms with Gasteiger partial charge in [-0.2, -0.15) is 0 Å². The highest BCUT2D eigenvalue weighted by Gasteiger charge is 2.44. The Morgan fingerprint density at radius 2 is 0.957 bits per heavy atom. The molecule has 244 valence electrons. The van der Waals surface area contributed by atoms with Crippen LogP contribution in [0.25, 0.3) is 0 Å². The van der Waals surface area contributed by atoms with Crippen molar-refractivity contribution in [1.82, 2.24) is 0 Å². The molecule has 4 aromatic carbocycles. The maximum Gasteiger partial charge on any atom is 0.199 e. The molecule has 0 radical (unpaired) electrons. The van der Waals surface area contributed by atoms with Gasteiger partial charge in [0.1, 0.15) is 30.1 Å². The van der Waals surface area contributed by atoms with Gasteiger partial charge in [0.15, 0.2) is 11.8 Å². The van der Waals surface area contributed by atoms with Gasteiger partial charge < -0.3 is 18.9 Å². The van der Waals surface area contributed by atoms with E-state index in [0.29, 0.717) is 25.0 Å². The quantitative estimate of drug-likeness (QED) is 0.176. The zero-order valence-corrected chi connectivity index (χ0v) is 28.8. The van der Waals surface area contributed by atoms with Gasteiger partial charge in [-0.25, -0.2) is 9.98 Å². The standard InChI is InChI=1S/C41H46N2O4/c1-25-15-26(2)18-31(17-25)37(29-11-9-13-33(21-29)44-7)35-23-46-39(42-35)41(5,6)40-43-36(24-47-40)38(30-12-10-14-34(22-30)45-8)32-19-27(3)16-28(4)20-32/h9-22,35-38H,23-24H2,1-8H3/t35?,36?,37-,38?/m1/s1. The van der Waals surface area contributed by atoms with E-state index in [-0.39, 0.29) is 23.9 Å². The fraction of sp³-hybridized carbons (Fsp3) is 0.366. The highest BCUT2D eigenvalue weighted by Crippen LogP contribution is 2.40. The van der Waals surface area contributed by atoms with Gasteiger partial charge in [0, 0.05) is 11.8 Å². The molecule has 0 amide bonds. The molecule has 2 heterocycles. The van der Waals surface area contributed by atoms with Gasteiger partial charge in [0.05, 0.1) is 26.3 Å². The molecule has 0 N–H and O–H groups in total. The third-order valence-electron chi connectivity index (χ3n) is 9.30. The normalized spacial score (nSPS) is 18.9. The van der Waals surface area contributed by atoms with E-state index in [0.717, 1.165) is 22.6 Å². The van der Waals surface area contributed by atoms with Gasteiger partial charge in [-0.15, -0.1) is 0 Å². The highest BCUT2D eigenvalue weighted by atomic mass is 16.5. The van der Waals surface area contributed by atoms with Gasteiger partial charge in [0.2, 0.25) is 0 Å². The third-order valence-corrected chi connectivity index (χ3v) is 9.30. The van der Waals surface area contributed by atoms with Crippen molar-refractivity contribution in [1.29, 1.82) is 0 Å². The summed E-state index contributed by atoms with van der Waals surface area (Å²) in [6, 6.07) is 29.8. The molecular formula is C41H46N2O4. The molecule has 2 aliphatic rings. The van der Waals surface area contributed by atoms with Gasteiger partial charge in [0.25, 0.3) is 0 Å². The van der Waals surface area contributed by atoms with Crippen LogP contribution in [0.1, 0.15) is 70.2 Å². The van der Waals surface area contributed by atoms with Crippen molar-refractivity contribution in [3.8, 4) is 11.5 Å². The highest BCUT2D eigenvalue weighted by molar-refractivity contribution is 6.05. The first-order valence-corrected chi connectivity index (χ1v) is 16.4. The van der Waals surface area contributed by atoms with Crippen LogP contribution in [0.3, 0.4) is 0 Å². The molecule has 0 saturated heterocycles. The summed E-state index contributed by atoms with van der Waals surface area (Å²) in [7, 11) is 3.41. The maximum absolute atomic E-state index is 6.45.